The standard InChI is InChI=1S/C17H26N2O2/c1-11-7-8-14(21-4)13(10-11)12(2)19-16(20)17(3)9-5-6-15(17)18/h7-8,10,12,15H,5-6,9,18H2,1-4H3,(H,19,20). The highest BCUT2D eigenvalue weighted by Gasteiger charge is 2.43. The van der Waals surface area contributed by atoms with Crippen LogP contribution < -0.4 is 15.8 Å². The second kappa shape index (κ2) is 6.06. The number of ether oxygens (including phenoxy) is 1. The predicted octanol–water partition coefficient (Wildman–Crippen LogP) is 2.70. The first-order valence-corrected chi connectivity index (χ1v) is 7.59. The van der Waals surface area contributed by atoms with E-state index in [1.54, 1.807) is 7.11 Å². The van der Waals surface area contributed by atoms with Crippen LogP contribution >= 0.6 is 0 Å². The molecule has 3 atom stereocenters. The fourth-order valence-electron chi connectivity index (χ4n) is 3.11. The van der Waals surface area contributed by atoms with Gasteiger partial charge in [-0.25, -0.2) is 0 Å². The maximum absolute atomic E-state index is 12.6. The van der Waals surface area contributed by atoms with Crippen molar-refractivity contribution in [3.8, 4) is 5.75 Å². The zero-order valence-corrected chi connectivity index (χ0v) is 13.4. The van der Waals surface area contributed by atoms with Crippen LogP contribution in [0, 0.1) is 12.3 Å². The number of carbonyl (C=O) groups excluding carboxylic acids is 1. The maximum atomic E-state index is 12.6. The molecule has 1 aliphatic rings. The Kier molecular flexibility index (Phi) is 4.57. The van der Waals surface area contributed by atoms with Crippen LogP contribution in [0.2, 0.25) is 0 Å². The Morgan fingerprint density at radius 3 is 2.81 bits per heavy atom. The van der Waals surface area contributed by atoms with E-state index >= 15 is 0 Å². The Morgan fingerprint density at radius 1 is 1.52 bits per heavy atom. The molecular formula is C17H26N2O2. The minimum Gasteiger partial charge on any atom is -0.496 e. The van der Waals surface area contributed by atoms with Gasteiger partial charge in [-0.2, -0.15) is 0 Å². The van der Waals surface area contributed by atoms with Gasteiger partial charge in [0.15, 0.2) is 0 Å². The number of hydrogen-bond donors (Lipinski definition) is 2. The Bertz CT molecular complexity index is 530. The number of amides is 1. The number of nitrogens with one attached hydrogen (secondary N) is 1. The summed E-state index contributed by atoms with van der Waals surface area (Å²) in [7, 11) is 1.65. The summed E-state index contributed by atoms with van der Waals surface area (Å²) in [6, 6.07) is 5.85. The normalized spacial score (nSPS) is 26.4. The number of aryl methyl sites for hydroxylation is 1. The van der Waals surface area contributed by atoms with Crippen LogP contribution in [0.15, 0.2) is 18.2 Å². The van der Waals surface area contributed by atoms with Crippen LogP contribution in [-0.2, 0) is 4.79 Å². The Hall–Kier alpha value is -1.55. The molecule has 2 rings (SSSR count). The van der Waals surface area contributed by atoms with Crippen LogP contribution in [0.4, 0.5) is 0 Å². The van der Waals surface area contributed by atoms with Crippen molar-refractivity contribution in [2.24, 2.45) is 11.1 Å². The summed E-state index contributed by atoms with van der Waals surface area (Å²) in [6.07, 6.45) is 2.80. The highest BCUT2D eigenvalue weighted by molar-refractivity contribution is 5.83. The van der Waals surface area contributed by atoms with Gasteiger partial charge in [0.25, 0.3) is 0 Å². The van der Waals surface area contributed by atoms with Crippen molar-refractivity contribution in [3.05, 3.63) is 29.3 Å². The van der Waals surface area contributed by atoms with Crippen LogP contribution in [0.5, 0.6) is 5.75 Å². The van der Waals surface area contributed by atoms with Gasteiger partial charge >= 0.3 is 0 Å². The Labute approximate surface area is 127 Å². The van der Waals surface area contributed by atoms with Crippen LogP contribution in [0.1, 0.15) is 50.3 Å². The average Bonchev–Trinajstić information content (AvgIpc) is 2.79. The second-order valence-corrected chi connectivity index (χ2v) is 6.36. The van der Waals surface area contributed by atoms with Crippen molar-refractivity contribution < 1.29 is 9.53 Å². The van der Waals surface area contributed by atoms with Crippen LogP contribution in [-0.4, -0.2) is 19.1 Å². The molecule has 1 aliphatic carbocycles. The monoisotopic (exact) mass is 290 g/mol. The molecule has 0 spiro atoms. The van der Waals surface area contributed by atoms with E-state index in [0.717, 1.165) is 36.1 Å². The van der Waals surface area contributed by atoms with E-state index in [4.69, 9.17) is 10.5 Å². The summed E-state index contributed by atoms with van der Waals surface area (Å²) in [5, 5.41) is 3.11. The van der Waals surface area contributed by atoms with E-state index in [1.807, 2.05) is 32.9 Å². The molecule has 3 unspecified atom stereocenters. The molecule has 1 saturated carbocycles. The van der Waals surface area contributed by atoms with Crippen molar-refractivity contribution in [2.45, 2.75) is 52.1 Å². The molecule has 3 N–H and O–H groups in total. The molecule has 4 nitrogen and oxygen atoms in total. The lowest BCUT2D eigenvalue weighted by molar-refractivity contribution is -0.131. The molecule has 4 heteroatoms. The van der Waals surface area contributed by atoms with E-state index in [-0.39, 0.29) is 18.0 Å². The maximum Gasteiger partial charge on any atom is 0.227 e. The smallest absolute Gasteiger partial charge is 0.227 e. The van der Waals surface area contributed by atoms with Crippen molar-refractivity contribution >= 4 is 5.91 Å². The molecule has 1 amide bonds. The van der Waals surface area contributed by atoms with E-state index in [1.165, 1.54) is 0 Å². The first kappa shape index (κ1) is 15.8. The SMILES string of the molecule is COc1ccc(C)cc1C(C)NC(=O)C1(C)CCCC1N. The fourth-order valence-corrected chi connectivity index (χ4v) is 3.11. The van der Waals surface area contributed by atoms with Gasteiger partial charge in [-0.15, -0.1) is 0 Å². The fraction of sp³-hybridized carbons (Fsp3) is 0.588. The predicted molar refractivity (Wildman–Crippen MR) is 84.2 cm³/mol. The minimum atomic E-state index is -0.453. The van der Waals surface area contributed by atoms with E-state index in [9.17, 15) is 4.79 Å². The molecule has 1 aromatic carbocycles. The van der Waals surface area contributed by atoms with E-state index in [0.29, 0.717) is 0 Å². The van der Waals surface area contributed by atoms with Crippen molar-refractivity contribution in [3.63, 3.8) is 0 Å². The molecule has 1 fully saturated rings. The van der Waals surface area contributed by atoms with Gasteiger partial charge in [0.1, 0.15) is 5.75 Å². The molecule has 0 aliphatic heterocycles. The number of hydrogen-bond acceptors (Lipinski definition) is 3. The van der Waals surface area contributed by atoms with Gasteiger partial charge in [-0.05, 0) is 39.7 Å². The molecule has 0 saturated heterocycles. The number of rotatable bonds is 4. The number of benzene rings is 1. The summed E-state index contributed by atoms with van der Waals surface area (Å²) in [5.74, 6) is 0.845. The summed E-state index contributed by atoms with van der Waals surface area (Å²) < 4.78 is 5.40. The van der Waals surface area contributed by atoms with Crippen molar-refractivity contribution in [2.75, 3.05) is 7.11 Å². The summed E-state index contributed by atoms with van der Waals surface area (Å²) in [5.41, 5.74) is 7.82. The number of carbonyl (C=O) groups is 1. The third kappa shape index (κ3) is 3.05. The van der Waals surface area contributed by atoms with Gasteiger partial charge in [0, 0.05) is 11.6 Å². The Morgan fingerprint density at radius 2 is 2.24 bits per heavy atom. The zero-order chi connectivity index (χ0) is 15.6. The van der Waals surface area contributed by atoms with Crippen LogP contribution in [0.25, 0.3) is 0 Å². The van der Waals surface area contributed by atoms with Gasteiger partial charge in [0.05, 0.1) is 18.6 Å². The average molecular weight is 290 g/mol. The van der Waals surface area contributed by atoms with E-state index < -0.39 is 5.41 Å². The lowest BCUT2D eigenvalue weighted by Crippen LogP contribution is -2.47. The lowest BCUT2D eigenvalue weighted by Gasteiger charge is -2.30. The first-order valence-electron chi connectivity index (χ1n) is 7.59. The highest BCUT2D eigenvalue weighted by Crippen LogP contribution is 2.37. The van der Waals surface area contributed by atoms with Gasteiger partial charge in [-0.3, -0.25) is 4.79 Å². The second-order valence-electron chi connectivity index (χ2n) is 6.36. The molecule has 116 valence electrons. The summed E-state index contributed by atoms with van der Waals surface area (Å²) in [4.78, 5) is 12.6. The van der Waals surface area contributed by atoms with Gasteiger partial charge in [-0.1, -0.05) is 24.1 Å². The lowest BCUT2D eigenvalue weighted by atomic mass is 9.84. The highest BCUT2D eigenvalue weighted by atomic mass is 16.5. The van der Waals surface area contributed by atoms with Gasteiger partial charge in [0.2, 0.25) is 5.91 Å². The zero-order valence-electron chi connectivity index (χ0n) is 13.4. The Balaban J connectivity index is 2.16. The van der Waals surface area contributed by atoms with Gasteiger partial charge < -0.3 is 15.8 Å². The molecular weight excluding hydrogens is 264 g/mol. The molecule has 0 radical (unpaired) electrons. The summed E-state index contributed by atoms with van der Waals surface area (Å²) >= 11 is 0. The van der Waals surface area contributed by atoms with Crippen molar-refractivity contribution in [1.29, 1.82) is 0 Å². The molecule has 1 aromatic rings. The largest absolute Gasteiger partial charge is 0.496 e. The molecule has 0 bridgehead atoms. The third-order valence-electron chi connectivity index (χ3n) is 4.75. The molecule has 21 heavy (non-hydrogen) atoms. The third-order valence-corrected chi connectivity index (χ3v) is 4.75. The summed E-state index contributed by atoms with van der Waals surface area (Å²) in [6.45, 7) is 5.99. The molecule has 0 heterocycles. The molecule has 0 aromatic heterocycles. The number of methoxy groups -OCH3 is 1. The van der Waals surface area contributed by atoms with Crippen molar-refractivity contribution in [1.82, 2.24) is 5.32 Å². The minimum absolute atomic E-state index is 0.0450. The number of nitrogens with two attached hydrogens (primary N) is 1. The van der Waals surface area contributed by atoms with E-state index in [2.05, 4.69) is 11.4 Å². The van der Waals surface area contributed by atoms with Crippen LogP contribution in [0.3, 0.4) is 0 Å². The first-order chi connectivity index (χ1) is 9.88. The topological polar surface area (TPSA) is 64.3 Å². The quantitative estimate of drug-likeness (QED) is 0.896.